The molecule has 1 aromatic heterocycles. The number of halogens is 2. The zero-order chi connectivity index (χ0) is 11.4. The molecule has 0 aromatic carbocycles. The molecule has 2 rings (SSSR count). The Balaban J connectivity index is 0.00000144. The van der Waals surface area contributed by atoms with Gasteiger partial charge in [0.25, 0.3) is 0 Å². The number of thiazole rings is 1. The number of carbonyl (C=O) groups excluding carboxylic acids is 1. The van der Waals surface area contributed by atoms with E-state index < -0.39 is 0 Å². The van der Waals surface area contributed by atoms with Gasteiger partial charge in [0.05, 0.1) is 23.3 Å². The van der Waals surface area contributed by atoms with Crippen LogP contribution in [0.3, 0.4) is 0 Å². The second-order valence-electron chi connectivity index (χ2n) is 3.95. The SMILES string of the molecule is CCc1nc(CNC(=O)C2CCCN2)cs1.Cl.Cl. The molecule has 1 aliphatic rings. The fourth-order valence-electron chi connectivity index (χ4n) is 1.80. The molecule has 1 unspecified atom stereocenters. The predicted molar refractivity (Wildman–Crippen MR) is 78.9 cm³/mol. The van der Waals surface area contributed by atoms with Crippen LogP contribution in [0.5, 0.6) is 0 Å². The van der Waals surface area contributed by atoms with Crippen LogP contribution in [0.15, 0.2) is 5.38 Å². The van der Waals surface area contributed by atoms with Gasteiger partial charge in [0, 0.05) is 5.38 Å². The van der Waals surface area contributed by atoms with Crippen LogP contribution in [0.25, 0.3) is 0 Å². The van der Waals surface area contributed by atoms with Crippen molar-refractivity contribution in [2.45, 2.75) is 38.8 Å². The number of rotatable bonds is 4. The standard InChI is InChI=1S/C11H17N3OS.2ClH/c1-2-10-14-8(7-16-10)6-13-11(15)9-4-3-5-12-9;;/h7,9,12H,2-6H2,1H3,(H,13,15);2*1H. The molecule has 0 aliphatic carbocycles. The van der Waals surface area contributed by atoms with Crippen LogP contribution in [-0.4, -0.2) is 23.5 Å². The first-order valence-corrected chi connectivity index (χ1v) is 6.62. The Morgan fingerprint density at radius 1 is 1.61 bits per heavy atom. The average Bonchev–Trinajstić information content (AvgIpc) is 2.96. The number of amides is 1. The zero-order valence-electron chi connectivity index (χ0n) is 10.3. The molecule has 1 atom stereocenters. The summed E-state index contributed by atoms with van der Waals surface area (Å²) in [5, 5.41) is 9.24. The van der Waals surface area contributed by atoms with Gasteiger partial charge in [-0.2, -0.15) is 0 Å². The summed E-state index contributed by atoms with van der Waals surface area (Å²) in [4.78, 5) is 16.1. The molecule has 18 heavy (non-hydrogen) atoms. The summed E-state index contributed by atoms with van der Waals surface area (Å²) >= 11 is 1.66. The number of nitrogens with zero attached hydrogens (tertiary/aromatic N) is 1. The van der Waals surface area contributed by atoms with Crippen molar-refractivity contribution in [3.8, 4) is 0 Å². The van der Waals surface area contributed by atoms with Gasteiger partial charge < -0.3 is 10.6 Å². The Labute approximate surface area is 124 Å². The molecule has 1 aliphatic heterocycles. The Morgan fingerprint density at radius 2 is 2.39 bits per heavy atom. The van der Waals surface area contributed by atoms with Gasteiger partial charge in [-0.25, -0.2) is 4.98 Å². The zero-order valence-corrected chi connectivity index (χ0v) is 12.7. The Kier molecular flexibility index (Phi) is 8.52. The maximum absolute atomic E-state index is 11.7. The molecule has 0 radical (unpaired) electrons. The van der Waals surface area contributed by atoms with Crippen molar-refractivity contribution in [2.24, 2.45) is 0 Å². The lowest BCUT2D eigenvalue weighted by Crippen LogP contribution is -2.40. The number of aryl methyl sites for hydroxylation is 1. The minimum absolute atomic E-state index is 0. The third-order valence-corrected chi connectivity index (χ3v) is 3.76. The van der Waals surface area contributed by atoms with E-state index in [4.69, 9.17) is 0 Å². The van der Waals surface area contributed by atoms with Crippen molar-refractivity contribution < 1.29 is 4.79 Å². The van der Waals surface area contributed by atoms with Crippen LogP contribution in [-0.2, 0) is 17.8 Å². The van der Waals surface area contributed by atoms with Gasteiger partial charge in [0.1, 0.15) is 0 Å². The number of nitrogens with one attached hydrogen (secondary N) is 2. The van der Waals surface area contributed by atoms with E-state index in [-0.39, 0.29) is 36.8 Å². The minimum atomic E-state index is 0. The smallest absolute Gasteiger partial charge is 0.237 e. The third-order valence-electron chi connectivity index (χ3n) is 2.72. The van der Waals surface area contributed by atoms with Crippen LogP contribution in [0.4, 0.5) is 0 Å². The highest BCUT2D eigenvalue weighted by Crippen LogP contribution is 2.10. The predicted octanol–water partition coefficient (Wildman–Crippen LogP) is 1.92. The molecule has 7 heteroatoms. The molecule has 2 N–H and O–H groups in total. The fraction of sp³-hybridized carbons (Fsp3) is 0.636. The Hall–Kier alpha value is -0.360. The van der Waals surface area contributed by atoms with E-state index >= 15 is 0 Å². The van der Waals surface area contributed by atoms with E-state index in [9.17, 15) is 4.79 Å². The highest BCUT2D eigenvalue weighted by atomic mass is 35.5. The summed E-state index contributed by atoms with van der Waals surface area (Å²) in [5.74, 6) is 0.101. The van der Waals surface area contributed by atoms with Crippen molar-refractivity contribution in [3.05, 3.63) is 16.1 Å². The second-order valence-corrected chi connectivity index (χ2v) is 4.90. The molecule has 0 spiro atoms. The maximum atomic E-state index is 11.7. The summed E-state index contributed by atoms with van der Waals surface area (Å²) in [6, 6.07) is 0.00396. The molecule has 0 saturated carbocycles. The second kappa shape index (κ2) is 8.69. The van der Waals surface area contributed by atoms with Gasteiger partial charge >= 0.3 is 0 Å². The summed E-state index contributed by atoms with van der Waals surface area (Å²) in [6.07, 6.45) is 3.00. The lowest BCUT2D eigenvalue weighted by Gasteiger charge is -2.09. The van der Waals surface area contributed by atoms with Crippen molar-refractivity contribution in [1.82, 2.24) is 15.6 Å². The highest BCUT2D eigenvalue weighted by molar-refractivity contribution is 7.09. The molecule has 104 valence electrons. The first-order chi connectivity index (χ1) is 7.79. The number of carbonyl (C=O) groups is 1. The van der Waals surface area contributed by atoms with Gasteiger partial charge in [-0.3, -0.25) is 4.79 Å². The summed E-state index contributed by atoms with van der Waals surface area (Å²) in [5.41, 5.74) is 0.966. The van der Waals surface area contributed by atoms with Crippen LogP contribution in [0, 0.1) is 0 Å². The molecule has 1 aromatic rings. The molecule has 1 fully saturated rings. The quantitative estimate of drug-likeness (QED) is 0.893. The lowest BCUT2D eigenvalue weighted by atomic mass is 10.2. The van der Waals surface area contributed by atoms with Crippen molar-refractivity contribution in [1.29, 1.82) is 0 Å². The van der Waals surface area contributed by atoms with Gasteiger partial charge in [-0.05, 0) is 25.8 Å². The first-order valence-electron chi connectivity index (χ1n) is 5.74. The van der Waals surface area contributed by atoms with Gasteiger partial charge in [-0.1, -0.05) is 6.92 Å². The van der Waals surface area contributed by atoms with E-state index in [1.165, 1.54) is 0 Å². The number of hydrogen-bond donors (Lipinski definition) is 2. The average molecular weight is 312 g/mol. The molecule has 1 amide bonds. The lowest BCUT2D eigenvalue weighted by molar-refractivity contribution is -0.122. The largest absolute Gasteiger partial charge is 0.349 e. The third kappa shape index (κ3) is 4.72. The molecule has 2 heterocycles. The topological polar surface area (TPSA) is 54.0 Å². The van der Waals surface area contributed by atoms with Crippen LogP contribution >= 0.6 is 36.2 Å². The normalized spacial score (nSPS) is 17.7. The van der Waals surface area contributed by atoms with E-state index in [0.29, 0.717) is 6.54 Å². The summed E-state index contributed by atoms with van der Waals surface area (Å²) in [6.45, 7) is 3.59. The minimum Gasteiger partial charge on any atom is -0.349 e. The van der Waals surface area contributed by atoms with Gasteiger partial charge in [0.2, 0.25) is 5.91 Å². The van der Waals surface area contributed by atoms with E-state index in [1.54, 1.807) is 11.3 Å². The van der Waals surface area contributed by atoms with Crippen LogP contribution < -0.4 is 10.6 Å². The van der Waals surface area contributed by atoms with Crippen LogP contribution in [0.2, 0.25) is 0 Å². The van der Waals surface area contributed by atoms with Crippen molar-refractivity contribution >= 4 is 42.1 Å². The number of hydrogen-bond acceptors (Lipinski definition) is 4. The summed E-state index contributed by atoms with van der Waals surface area (Å²) < 4.78 is 0. The fourth-order valence-corrected chi connectivity index (χ4v) is 2.55. The molecule has 1 saturated heterocycles. The monoisotopic (exact) mass is 311 g/mol. The molecule has 0 bridgehead atoms. The van der Waals surface area contributed by atoms with E-state index in [2.05, 4.69) is 22.5 Å². The Bertz CT molecular complexity index is 367. The van der Waals surface area contributed by atoms with Crippen molar-refractivity contribution in [3.63, 3.8) is 0 Å². The van der Waals surface area contributed by atoms with Gasteiger partial charge in [0.15, 0.2) is 0 Å². The van der Waals surface area contributed by atoms with Crippen molar-refractivity contribution in [2.75, 3.05) is 6.54 Å². The maximum Gasteiger partial charge on any atom is 0.237 e. The highest BCUT2D eigenvalue weighted by Gasteiger charge is 2.21. The van der Waals surface area contributed by atoms with Crippen LogP contribution in [0.1, 0.15) is 30.5 Å². The first kappa shape index (κ1) is 17.6. The molecule has 4 nitrogen and oxygen atoms in total. The van der Waals surface area contributed by atoms with E-state index in [0.717, 1.165) is 36.5 Å². The van der Waals surface area contributed by atoms with Gasteiger partial charge in [-0.15, -0.1) is 36.2 Å². The van der Waals surface area contributed by atoms with E-state index in [1.807, 2.05) is 5.38 Å². The summed E-state index contributed by atoms with van der Waals surface area (Å²) in [7, 11) is 0. The Morgan fingerprint density at radius 3 is 2.94 bits per heavy atom. The number of aromatic nitrogens is 1. The molecular weight excluding hydrogens is 293 g/mol. The molecular formula is C11H19Cl2N3OS.